The van der Waals surface area contributed by atoms with E-state index in [1.807, 2.05) is 30.3 Å². The van der Waals surface area contributed by atoms with Crippen molar-refractivity contribution < 1.29 is 9.59 Å². The minimum Gasteiger partial charge on any atom is -0.347 e. The van der Waals surface area contributed by atoms with E-state index in [1.54, 1.807) is 18.8 Å². The van der Waals surface area contributed by atoms with Crippen molar-refractivity contribution in [3.63, 3.8) is 0 Å². The molecule has 0 saturated heterocycles. The third-order valence-corrected chi connectivity index (χ3v) is 4.76. The van der Waals surface area contributed by atoms with E-state index in [1.165, 1.54) is 18.2 Å². The van der Waals surface area contributed by atoms with Crippen LogP contribution in [-0.4, -0.2) is 60.9 Å². The Hall–Kier alpha value is -2.81. The summed E-state index contributed by atoms with van der Waals surface area (Å²) in [4.78, 5) is 34.0. The molecule has 0 aliphatic heterocycles. The highest BCUT2D eigenvalue weighted by Gasteiger charge is 2.28. The number of benzene rings is 1. The maximum Gasteiger partial charge on any atom is 0.243 e. The number of fused-ring (bicyclic) bond motifs is 1. The molecule has 3 rings (SSSR count). The van der Waals surface area contributed by atoms with E-state index >= 15 is 0 Å². The van der Waals surface area contributed by atoms with Gasteiger partial charge in [0.15, 0.2) is 16.9 Å². The summed E-state index contributed by atoms with van der Waals surface area (Å²) in [6.07, 6.45) is 1.38. The number of carbonyl (C=O) groups excluding carboxylic acids is 2. The summed E-state index contributed by atoms with van der Waals surface area (Å²) in [5.41, 5.74) is 1.78. The zero-order valence-electron chi connectivity index (χ0n) is 13.9. The molecule has 1 atom stereocenters. The van der Waals surface area contributed by atoms with Crippen molar-refractivity contribution in [2.45, 2.75) is 17.2 Å². The highest BCUT2D eigenvalue weighted by atomic mass is 32.2. The fourth-order valence-corrected chi connectivity index (χ4v) is 3.26. The summed E-state index contributed by atoms with van der Waals surface area (Å²) in [6, 6.07) is 9.46. The summed E-state index contributed by atoms with van der Waals surface area (Å²) < 4.78 is 1.59. The lowest BCUT2D eigenvalue weighted by atomic mass is 10.3. The third-order valence-electron chi connectivity index (χ3n) is 3.47. The van der Waals surface area contributed by atoms with Gasteiger partial charge in [-0.25, -0.2) is 9.97 Å². The van der Waals surface area contributed by atoms with Crippen LogP contribution in [0.1, 0.15) is 6.92 Å². The molecule has 0 spiro atoms. The smallest absolute Gasteiger partial charge is 0.243 e. The first-order chi connectivity index (χ1) is 12.0. The second kappa shape index (κ2) is 6.98. The van der Waals surface area contributed by atoms with Gasteiger partial charge in [-0.3, -0.25) is 9.59 Å². The van der Waals surface area contributed by atoms with Crippen molar-refractivity contribution in [2.24, 2.45) is 0 Å². The summed E-state index contributed by atoms with van der Waals surface area (Å²) in [5.74, 6) is -0.536. The van der Waals surface area contributed by atoms with E-state index in [2.05, 4.69) is 20.3 Å². The molecule has 0 radical (unpaired) electrons. The van der Waals surface area contributed by atoms with Crippen LogP contribution in [-0.2, 0) is 9.59 Å². The molecule has 0 aliphatic rings. The van der Waals surface area contributed by atoms with Gasteiger partial charge in [0.1, 0.15) is 16.6 Å². The largest absolute Gasteiger partial charge is 0.347 e. The number of amides is 1. The first-order valence-electron chi connectivity index (χ1n) is 7.49. The van der Waals surface area contributed by atoms with Crippen LogP contribution in [0.15, 0.2) is 41.7 Å². The Morgan fingerprint density at radius 1 is 1.16 bits per heavy atom. The second-order valence-corrected chi connectivity index (χ2v) is 6.62. The molecule has 2 heterocycles. The SMILES string of the molecule is CC(=O)[C@H](Sc1ncnc2c1nnn2-c1ccccc1)C(=O)N(C)C. The number of thioether (sulfide) groups is 1. The zero-order chi connectivity index (χ0) is 18.0. The van der Waals surface area contributed by atoms with E-state index in [-0.39, 0.29) is 11.7 Å². The standard InChI is InChI=1S/C16H16N6O2S/c1-10(23)13(16(24)21(2)3)25-15-12-14(17-9-18-15)22(20-19-12)11-7-5-4-6-8-11/h4-9,13H,1-3H3/t13-/m0/s1. The molecule has 0 aliphatic carbocycles. The average Bonchev–Trinajstić information content (AvgIpc) is 3.04. The normalized spacial score (nSPS) is 12.1. The third kappa shape index (κ3) is 3.36. The van der Waals surface area contributed by atoms with E-state index in [9.17, 15) is 9.59 Å². The highest BCUT2D eigenvalue weighted by Crippen LogP contribution is 2.28. The maximum absolute atomic E-state index is 12.3. The van der Waals surface area contributed by atoms with Crippen LogP contribution in [0.4, 0.5) is 0 Å². The number of nitrogens with zero attached hydrogens (tertiary/aromatic N) is 6. The number of carbonyl (C=O) groups is 2. The molecule has 0 fully saturated rings. The van der Waals surface area contributed by atoms with Gasteiger partial charge in [-0.2, -0.15) is 4.68 Å². The molecule has 1 amide bonds. The van der Waals surface area contributed by atoms with Crippen LogP contribution in [0.3, 0.4) is 0 Å². The molecule has 9 heteroatoms. The molecule has 0 N–H and O–H groups in total. The van der Waals surface area contributed by atoms with Crippen molar-refractivity contribution in [3.8, 4) is 5.69 Å². The second-order valence-electron chi connectivity index (χ2n) is 5.53. The highest BCUT2D eigenvalue weighted by molar-refractivity contribution is 8.01. The first-order valence-corrected chi connectivity index (χ1v) is 8.37. The maximum atomic E-state index is 12.3. The molecule has 8 nitrogen and oxygen atoms in total. The summed E-state index contributed by atoms with van der Waals surface area (Å²) in [5, 5.41) is 7.84. The van der Waals surface area contributed by atoms with Gasteiger partial charge < -0.3 is 4.90 Å². The van der Waals surface area contributed by atoms with Crippen LogP contribution in [0, 0.1) is 0 Å². The fraction of sp³-hybridized carbons (Fsp3) is 0.250. The molecule has 3 aromatic rings. The van der Waals surface area contributed by atoms with E-state index in [4.69, 9.17) is 0 Å². The minimum atomic E-state index is -0.880. The van der Waals surface area contributed by atoms with Gasteiger partial charge in [0.05, 0.1) is 5.69 Å². The average molecular weight is 356 g/mol. The molecule has 128 valence electrons. The van der Waals surface area contributed by atoms with Crippen molar-refractivity contribution >= 4 is 34.6 Å². The Kier molecular flexibility index (Phi) is 4.75. The van der Waals surface area contributed by atoms with Gasteiger partial charge >= 0.3 is 0 Å². The quantitative estimate of drug-likeness (QED) is 0.387. The Balaban J connectivity index is 2.02. The number of aromatic nitrogens is 5. The molecule has 0 saturated carbocycles. The van der Waals surface area contributed by atoms with Crippen molar-refractivity contribution in [1.82, 2.24) is 29.9 Å². The molecule has 2 aromatic heterocycles. The van der Waals surface area contributed by atoms with Gasteiger partial charge in [-0.15, -0.1) is 5.10 Å². The molecule has 0 unspecified atom stereocenters. The fourth-order valence-electron chi connectivity index (χ4n) is 2.21. The number of Topliss-reactive ketones (excluding diaryl/α,β-unsaturated/α-hetero) is 1. The topological polar surface area (TPSA) is 93.9 Å². The van der Waals surface area contributed by atoms with E-state index < -0.39 is 5.25 Å². The first kappa shape index (κ1) is 17.0. The van der Waals surface area contributed by atoms with Gasteiger partial charge in [0.25, 0.3) is 0 Å². The molecular formula is C16H16N6O2S. The number of ketones is 1. The Morgan fingerprint density at radius 2 is 1.88 bits per heavy atom. The van der Waals surface area contributed by atoms with Gasteiger partial charge in [-0.1, -0.05) is 35.2 Å². The Bertz CT molecular complexity index is 925. The molecule has 0 bridgehead atoms. The van der Waals surface area contributed by atoms with Crippen molar-refractivity contribution in [3.05, 3.63) is 36.7 Å². The zero-order valence-corrected chi connectivity index (χ0v) is 14.8. The van der Waals surface area contributed by atoms with Crippen LogP contribution in [0.5, 0.6) is 0 Å². The molecule has 25 heavy (non-hydrogen) atoms. The van der Waals surface area contributed by atoms with E-state index in [0.29, 0.717) is 16.2 Å². The number of hydrogen-bond donors (Lipinski definition) is 0. The lowest BCUT2D eigenvalue weighted by molar-refractivity contribution is -0.132. The van der Waals surface area contributed by atoms with Crippen molar-refractivity contribution in [2.75, 3.05) is 14.1 Å². The van der Waals surface area contributed by atoms with Gasteiger partial charge in [0, 0.05) is 14.1 Å². The minimum absolute atomic E-state index is 0.245. The summed E-state index contributed by atoms with van der Waals surface area (Å²) in [6.45, 7) is 1.39. The lowest BCUT2D eigenvalue weighted by Gasteiger charge is -2.17. The van der Waals surface area contributed by atoms with Crippen LogP contribution < -0.4 is 0 Å². The van der Waals surface area contributed by atoms with Gasteiger partial charge in [0.2, 0.25) is 5.91 Å². The Morgan fingerprint density at radius 3 is 2.52 bits per heavy atom. The molecule has 1 aromatic carbocycles. The summed E-state index contributed by atoms with van der Waals surface area (Å²) in [7, 11) is 3.22. The number of para-hydroxylation sites is 1. The number of hydrogen-bond acceptors (Lipinski definition) is 7. The van der Waals surface area contributed by atoms with E-state index in [0.717, 1.165) is 17.4 Å². The lowest BCUT2D eigenvalue weighted by Crippen LogP contribution is -2.36. The Labute approximate surface area is 148 Å². The number of rotatable bonds is 5. The van der Waals surface area contributed by atoms with Crippen LogP contribution >= 0.6 is 11.8 Å². The molecular weight excluding hydrogens is 340 g/mol. The monoisotopic (exact) mass is 356 g/mol. The predicted molar refractivity (Wildman–Crippen MR) is 93.5 cm³/mol. The van der Waals surface area contributed by atoms with Crippen molar-refractivity contribution in [1.29, 1.82) is 0 Å². The van der Waals surface area contributed by atoms with Gasteiger partial charge in [-0.05, 0) is 19.1 Å². The summed E-state index contributed by atoms with van der Waals surface area (Å²) >= 11 is 1.06. The van der Waals surface area contributed by atoms with Crippen LogP contribution in [0.25, 0.3) is 16.9 Å². The predicted octanol–water partition coefficient (Wildman–Crippen LogP) is 1.35. The van der Waals surface area contributed by atoms with Crippen LogP contribution in [0.2, 0.25) is 0 Å².